The van der Waals surface area contributed by atoms with Crippen molar-refractivity contribution in [1.82, 2.24) is 14.7 Å². The summed E-state index contributed by atoms with van der Waals surface area (Å²) in [6, 6.07) is 7.02. The van der Waals surface area contributed by atoms with Crippen molar-refractivity contribution in [2.45, 2.75) is 38.8 Å². The monoisotopic (exact) mass is 434 g/mol. The van der Waals surface area contributed by atoms with Gasteiger partial charge in [0.1, 0.15) is 23.7 Å². The Bertz CT molecular complexity index is 916. The molecule has 0 aliphatic carbocycles. The molecule has 2 aromatic rings. The Morgan fingerprint density at radius 1 is 1.37 bits per heavy atom. The van der Waals surface area contributed by atoms with Crippen molar-refractivity contribution in [1.29, 1.82) is 0 Å². The third-order valence-electron chi connectivity index (χ3n) is 5.03. The van der Waals surface area contributed by atoms with E-state index < -0.39 is 11.5 Å². The minimum atomic E-state index is -1.02. The Morgan fingerprint density at radius 2 is 2.17 bits per heavy atom. The SMILES string of the molecule is CCCn1nccc1C(=O)N1CCO[C@](COc2ccc(Cl)c(C)c2)(CC(N)=O)C1. The number of nitrogens with zero attached hydrogens (tertiary/aromatic N) is 3. The van der Waals surface area contributed by atoms with Crippen molar-refractivity contribution in [3.63, 3.8) is 0 Å². The third kappa shape index (κ3) is 5.12. The number of primary amides is 1. The molecule has 0 spiro atoms. The van der Waals surface area contributed by atoms with Gasteiger partial charge in [0.2, 0.25) is 5.91 Å². The highest BCUT2D eigenvalue weighted by Crippen LogP contribution is 2.27. The molecule has 0 radical (unpaired) electrons. The zero-order chi connectivity index (χ0) is 21.7. The second kappa shape index (κ2) is 9.49. The van der Waals surface area contributed by atoms with Crippen LogP contribution in [0.1, 0.15) is 35.8 Å². The lowest BCUT2D eigenvalue weighted by molar-refractivity contribution is -0.142. The molecular formula is C21H27ClN4O4. The summed E-state index contributed by atoms with van der Waals surface area (Å²) in [6.07, 6.45) is 2.43. The first-order chi connectivity index (χ1) is 14.3. The fourth-order valence-electron chi connectivity index (χ4n) is 3.57. The van der Waals surface area contributed by atoms with Crippen LogP contribution in [-0.4, -0.2) is 58.4 Å². The van der Waals surface area contributed by atoms with Crippen LogP contribution >= 0.6 is 11.6 Å². The van der Waals surface area contributed by atoms with Crippen molar-refractivity contribution in [3.8, 4) is 5.75 Å². The Hall–Kier alpha value is -2.58. The fraction of sp³-hybridized carbons (Fsp3) is 0.476. The zero-order valence-corrected chi connectivity index (χ0v) is 18.0. The quantitative estimate of drug-likeness (QED) is 0.687. The van der Waals surface area contributed by atoms with Crippen LogP contribution in [0, 0.1) is 6.92 Å². The van der Waals surface area contributed by atoms with E-state index in [9.17, 15) is 9.59 Å². The number of ether oxygens (including phenoxy) is 2. The summed E-state index contributed by atoms with van der Waals surface area (Å²) < 4.78 is 13.6. The fourth-order valence-corrected chi connectivity index (χ4v) is 3.69. The molecule has 2 heterocycles. The normalized spacial score (nSPS) is 19.0. The maximum atomic E-state index is 13.1. The van der Waals surface area contributed by atoms with Crippen molar-refractivity contribution in [2.24, 2.45) is 5.73 Å². The smallest absolute Gasteiger partial charge is 0.272 e. The van der Waals surface area contributed by atoms with Crippen LogP contribution < -0.4 is 10.5 Å². The zero-order valence-electron chi connectivity index (χ0n) is 17.3. The minimum Gasteiger partial charge on any atom is -0.490 e. The lowest BCUT2D eigenvalue weighted by atomic mass is 9.97. The summed E-state index contributed by atoms with van der Waals surface area (Å²) in [5, 5.41) is 4.87. The number of carbonyl (C=O) groups is 2. The van der Waals surface area contributed by atoms with Crippen LogP contribution in [0.5, 0.6) is 5.75 Å². The molecule has 0 saturated carbocycles. The van der Waals surface area contributed by atoms with Crippen LogP contribution in [0.25, 0.3) is 0 Å². The molecule has 3 rings (SSSR count). The summed E-state index contributed by atoms with van der Waals surface area (Å²) in [5.41, 5.74) is 5.86. The Labute approximate surface area is 180 Å². The van der Waals surface area contributed by atoms with E-state index >= 15 is 0 Å². The maximum absolute atomic E-state index is 13.1. The molecule has 1 atom stereocenters. The molecule has 9 heteroatoms. The Morgan fingerprint density at radius 3 is 2.87 bits per heavy atom. The second-order valence-electron chi connectivity index (χ2n) is 7.54. The average Bonchev–Trinajstić information content (AvgIpc) is 3.16. The van der Waals surface area contributed by atoms with Crippen LogP contribution in [0.15, 0.2) is 30.5 Å². The number of hydrogen-bond acceptors (Lipinski definition) is 5. The first-order valence-corrected chi connectivity index (χ1v) is 10.3. The van der Waals surface area contributed by atoms with Crippen molar-refractivity contribution in [3.05, 3.63) is 46.7 Å². The van der Waals surface area contributed by atoms with Crippen molar-refractivity contribution < 1.29 is 19.1 Å². The predicted octanol–water partition coefficient (Wildman–Crippen LogP) is 2.42. The summed E-state index contributed by atoms with van der Waals surface area (Å²) in [5.74, 6) is -0.0644. The molecule has 8 nitrogen and oxygen atoms in total. The number of rotatable bonds is 8. The number of morpholine rings is 1. The molecule has 1 saturated heterocycles. The molecule has 2 amide bonds. The molecule has 1 aliphatic heterocycles. The van der Waals surface area contributed by atoms with Crippen LogP contribution in [0.3, 0.4) is 0 Å². The Balaban J connectivity index is 1.77. The molecule has 30 heavy (non-hydrogen) atoms. The van der Waals surface area contributed by atoms with Gasteiger partial charge in [-0.2, -0.15) is 5.10 Å². The minimum absolute atomic E-state index is 0.0580. The van der Waals surface area contributed by atoms with Crippen LogP contribution in [0.4, 0.5) is 0 Å². The largest absolute Gasteiger partial charge is 0.490 e. The summed E-state index contributed by atoms with van der Waals surface area (Å²) in [7, 11) is 0. The first-order valence-electron chi connectivity index (χ1n) is 9.96. The van der Waals surface area contributed by atoms with E-state index in [1.807, 2.05) is 19.9 Å². The van der Waals surface area contributed by atoms with Gasteiger partial charge in [-0.1, -0.05) is 18.5 Å². The van der Waals surface area contributed by atoms with Gasteiger partial charge in [-0.3, -0.25) is 14.3 Å². The molecule has 1 aromatic heterocycles. The molecule has 0 unspecified atom stereocenters. The number of nitrogens with two attached hydrogens (primary N) is 1. The lowest BCUT2D eigenvalue weighted by Crippen LogP contribution is -2.58. The number of aryl methyl sites for hydroxylation is 2. The number of hydrogen-bond donors (Lipinski definition) is 1. The lowest BCUT2D eigenvalue weighted by Gasteiger charge is -2.41. The summed E-state index contributed by atoms with van der Waals surface area (Å²) in [4.78, 5) is 26.6. The van der Waals surface area contributed by atoms with E-state index in [4.69, 9.17) is 26.8 Å². The second-order valence-corrected chi connectivity index (χ2v) is 7.95. The third-order valence-corrected chi connectivity index (χ3v) is 5.46. The van der Waals surface area contributed by atoms with Crippen LogP contribution in [0.2, 0.25) is 5.02 Å². The standard InChI is InChI=1S/C21H27ClN4O4/c1-3-8-26-18(6-7-24-26)20(28)25-9-10-30-21(13-25,12-19(23)27)14-29-16-4-5-17(22)15(2)11-16/h4-7,11H,3,8-10,12-14H2,1-2H3,(H2,23,27)/t21-/m1/s1. The first kappa shape index (κ1) is 22.1. The number of benzene rings is 1. The van der Waals surface area contributed by atoms with Gasteiger partial charge in [0.05, 0.1) is 19.6 Å². The van der Waals surface area contributed by atoms with Gasteiger partial charge in [0, 0.05) is 24.3 Å². The average molecular weight is 435 g/mol. The van der Waals surface area contributed by atoms with Gasteiger partial charge in [0.25, 0.3) is 5.91 Å². The molecule has 1 aliphatic rings. The molecule has 1 aromatic carbocycles. The highest BCUT2D eigenvalue weighted by Gasteiger charge is 2.41. The number of halogens is 1. The van der Waals surface area contributed by atoms with E-state index in [1.54, 1.807) is 34.0 Å². The highest BCUT2D eigenvalue weighted by molar-refractivity contribution is 6.31. The van der Waals surface area contributed by atoms with Gasteiger partial charge < -0.3 is 20.1 Å². The summed E-state index contributed by atoms with van der Waals surface area (Å²) in [6.45, 7) is 5.53. The number of amides is 2. The number of aromatic nitrogens is 2. The Kier molecular flexibility index (Phi) is 6.99. The molecule has 1 fully saturated rings. The molecule has 2 N–H and O–H groups in total. The van der Waals surface area contributed by atoms with Crippen molar-refractivity contribution >= 4 is 23.4 Å². The van der Waals surface area contributed by atoms with E-state index in [0.29, 0.717) is 29.6 Å². The summed E-state index contributed by atoms with van der Waals surface area (Å²) >= 11 is 6.07. The van der Waals surface area contributed by atoms with Gasteiger partial charge in [0.15, 0.2) is 0 Å². The van der Waals surface area contributed by atoms with Gasteiger partial charge >= 0.3 is 0 Å². The van der Waals surface area contributed by atoms with E-state index in [1.165, 1.54) is 0 Å². The van der Waals surface area contributed by atoms with Gasteiger partial charge in [-0.25, -0.2) is 0 Å². The van der Waals surface area contributed by atoms with E-state index in [-0.39, 0.29) is 32.1 Å². The maximum Gasteiger partial charge on any atom is 0.272 e. The van der Waals surface area contributed by atoms with Gasteiger partial charge in [-0.15, -0.1) is 0 Å². The topological polar surface area (TPSA) is 99.7 Å². The van der Waals surface area contributed by atoms with Crippen LogP contribution in [-0.2, 0) is 16.1 Å². The van der Waals surface area contributed by atoms with E-state index in [0.717, 1.165) is 12.0 Å². The molecule has 162 valence electrons. The van der Waals surface area contributed by atoms with Crippen molar-refractivity contribution in [2.75, 3.05) is 26.3 Å². The number of carbonyl (C=O) groups excluding carboxylic acids is 2. The highest BCUT2D eigenvalue weighted by atomic mass is 35.5. The molecular weight excluding hydrogens is 408 g/mol. The van der Waals surface area contributed by atoms with E-state index in [2.05, 4.69) is 5.10 Å². The predicted molar refractivity (Wildman–Crippen MR) is 113 cm³/mol. The molecule has 0 bridgehead atoms. The van der Waals surface area contributed by atoms with Gasteiger partial charge in [-0.05, 0) is 43.2 Å².